The third-order valence-electron chi connectivity index (χ3n) is 4.07. The van der Waals surface area contributed by atoms with Crippen molar-refractivity contribution in [2.24, 2.45) is 0 Å². The number of anilines is 1. The summed E-state index contributed by atoms with van der Waals surface area (Å²) in [7, 11) is 0. The van der Waals surface area contributed by atoms with Crippen LogP contribution in [-0.4, -0.2) is 36.6 Å². The van der Waals surface area contributed by atoms with Crippen LogP contribution in [0.15, 0.2) is 23.2 Å². The molecule has 3 aromatic heterocycles. The molecule has 148 valence electrons. The SMILES string of the molecule is C=CCn1c(SCC(=O)Nc2nnc(CC)s2)nnc1-c1csc(C)c1CC. The van der Waals surface area contributed by atoms with Crippen LogP contribution in [0.4, 0.5) is 5.13 Å². The molecule has 3 aromatic rings. The van der Waals surface area contributed by atoms with Crippen LogP contribution in [0.3, 0.4) is 0 Å². The Hall–Kier alpha value is -2.04. The lowest BCUT2D eigenvalue weighted by atomic mass is 10.1. The summed E-state index contributed by atoms with van der Waals surface area (Å²) in [6.45, 7) is 10.7. The molecule has 0 bridgehead atoms. The van der Waals surface area contributed by atoms with Crippen LogP contribution in [-0.2, 0) is 24.2 Å². The van der Waals surface area contributed by atoms with Crippen molar-refractivity contribution in [1.82, 2.24) is 25.0 Å². The fourth-order valence-electron chi connectivity index (χ4n) is 2.73. The molecule has 0 fully saturated rings. The number of carbonyl (C=O) groups excluding carboxylic acids is 1. The number of amides is 1. The van der Waals surface area contributed by atoms with Crippen LogP contribution < -0.4 is 5.32 Å². The number of aromatic nitrogens is 5. The Morgan fingerprint density at radius 3 is 2.79 bits per heavy atom. The first-order valence-corrected chi connectivity index (χ1v) is 11.6. The molecule has 3 rings (SSSR count). The summed E-state index contributed by atoms with van der Waals surface area (Å²) < 4.78 is 2.01. The quantitative estimate of drug-likeness (QED) is 0.401. The predicted octanol–water partition coefficient (Wildman–Crippen LogP) is 4.21. The second-order valence-electron chi connectivity index (χ2n) is 5.93. The summed E-state index contributed by atoms with van der Waals surface area (Å²) in [6.07, 6.45) is 3.56. The number of thioether (sulfide) groups is 1. The molecule has 0 unspecified atom stereocenters. The van der Waals surface area contributed by atoms with Gasteiger partial charge >= 0.3 is 0 Å². The zero-order valence-electron chi connectivity index (χ0n) is 16.1. The van der Waals surface area contributed by atoms with E-state index in [2.05, 4.69) is 51.5 Å². The van der Waals surface area contributed by atoms with Crippen molar-refractivity contribution in [1.29, 1.82) is 0 Å². The van der Waals surface area contributed by atoms with Gasteiger partial charge in [-0.15, -0.1) is 38.3 Å². The molecule has 10 heteroatoms. The Morgan fingerprint density at radius 2 is 2.11 bits per heavy atom. The number of aryl methyl sites for hydroxylation is 2. The zero-order chi connectivity index (χ0) is 20.1. The van der Waals surface area contributed by atoms with Gasteiger partial charge in [-0.05, 0) is 25.3 Å². The van der Waals surface area contributed by atoms with Gasteiger partial charge in [0.1, 0.15) is 5.01 Å². The molecule has 0 aliphatic carbocycles. The van der Waals surface area contributed by atoms with Gasteiger partial charge < -0.3 is 0 Å². The Morgan fingerprint density at radius 1 is 1.29 bits per heavy atom. The van der Waals surface area contributed by atoms with E-state index in [4.69, 9.17) is 0 Å². The van der Waals surface area contributed by atoms with Gasteiger partial charge in [-0.3, -0.25) is 14.7 Å². The molecule has 0 radical (unpaired) electrons. The number of hydrogen-bond acceptors (Lipinski definition) is 8. The van der Waals surface area contributed by atoms with Crippen LogP contribution in [0.25, 0.3) is 11.4 Å². The van der Waals surface area contributed by atoms with Gasteiger partial charge in [0.25, 0.3) is 0 Å². The lowest BCUT2D eigenvalue weighted by molar-refractivity contribution is -0.113. The first kappa shape index (κ1) is 20.7. The van der Waals surface area contributed by atoms with E-state index in [1.165, 1.54) is 33.5 Å². The van der Waals surface area contributed by atoms with E-state index in [0.717, 1.165) is 29.2 Å². The van der Waals surface area contributed by atoms with E-state index in [0.29, 0.717) is 16.8 Å². The highest BCUT2D eigenvalue weighted by Gasteiger charge is 2.19. The molecule has 28 heavy (non-hydrogen) atoms. The minimum absolute atomic E-state index is 0.140. The van der Waals surface area contributed by atoms with Crippen LogP contribution in [0, 0.1) is 6.92 Å². The van der Waals surface area contributed by atoms with E-state index in [1.54, 1.807) is 11.3 Å². The number of rotatable bonds is 9. The highest BCUT2D eigenvalue weighted by Crippen LogP contribution is 2.32. The number of nitrogens with one attached hydrogen (secondary N) is 1. The molecule has 1 amide bonds. The Bertz CT molecular complexity index is 974. The Labute approximate surface area is 176 Å². The average molecular weight is 435 g/mol. The fraction of sp³-hybridized carbons (Fsp3) is 0.389. The van der Waals surface area contributed by atoms with E-state index >= 15 is 0 Å². The van der Waals surface area contributed by atoms with Crippen molar-refractivity contribution in [3.63, 3.8) is 0 Å². The molecule has 0 aliphatic rings. The van der Waals surface area contributed by atoms with Crippen molar-refractivity contribution in [3.05, 3.63) is 33.5 Å². The second-order valence-corrected chi connectivity index (χ2v) is 9.02. The molecular weight excluding hydrogens is 412 g/mol. The summed E-state index contributed by atoms with van der Waals surface area (Å²) in [6, 6.07) is 0. The predicted molar refractivity (Wildman–Crippen MR) is 116 cm³/mol. The number of allylic oxidation sites excluding steroid dienone is 1. The fourth-order valence-corrected chi connectivity index (χ4v) is 5.11. The molecule has 0 saturated carbocycles. The standard InChI is InChI=1S/C18H22N6OS3/c1-5-8-24-16(13-9-26-11(4)12(13)6-2)21-23-18(24)27-10-14(25)19-17-22-20-15(7-3)28-17/h5,9H,1,6-8,10H2,2-4H3,(H,19,22,25). The maximum Gasteiger partial charge on any atom is 0.236 e. The zero-order valence-corrected chi connectivity index (χ0v) is 18.5. The van der Waals surface area contributed by atoms with Gasteiger partial charge in [0, 0.05) is 22.4 Å². The van der Waals surface area contributed by atoms with E-state index in [1.807, 2.05) is 17.6 Å². The van der Waals surface area contributed by atoms with E-state index < -0.39 is 0 Å². The van der Waals surface area contributed by atoms with Crippen molar-refractivity contribution in [2.75, 3.05) is 11.1 Å². The van der Waals surface area contributed by atoms with Crippen LogP contribution in [0.1, 0.15) is 29.3 Å². The number of carbonyl (C=O) groups is 1. The van der Waals surface area contributed by atoms with Gasteiger partial charge in [0.15, 0.2) is 11.0 Å². The molecule has 7 nitrogen and oxygen atoms in total. The van der Waals surface area contributed by atoms with E-state index in [9.17, 15) is 4.79 Å². The average Bonchev–Trinajstić information content (AvgIpc) is 3.39. The lowest BCUT2D eigenvalue weighted by Gasteiger charge is -2.08. The smallest absolute Gasteiger partial charge is 0.236 e. The summed E-state index contributed by atoms with van der Waals surface area (Å²) in [5.41, 5.74) is 2.40. The highest BCUT2D eigenvalue weighted by atomic mass is 32.2. The van der Waals surface area contributed by atoms with Gasteiger partial charge in [-0.1, -0.05) is 43.0 Å². The largest absolute Gasteiger partial charge is 0.300 e. The summed E-state index contributed by atoms with van der Waals surface area (Å²) in [5.74, 6) is 0.902. The maximum absolute atomic E-state index is 12.3. The van der Waals surface area contributed by atoms with Gasteiger partial charge in [0.2, 0.25) is 11.0 Å². The normalized spacial score (nSPS) is 11.0. The molecule has 3 heterocycles. The first-order chi connectivity index (χ1) is 13.6. The molecule has 0 atom stereocenters. The minimum atomic E-state index is -0.140. The first-order valence-electron chi connectivity index (χ1n) is 8.93. The molecule has 0 aromatic carbocycles. The van der Waals surface area contributed by atoms with Crippen molar-refractivity contribution in [2.45, 2.75) is 45.3 Å². The molecule has 1 N–H and O–H groups in total. The second kappa shape index (κ2) is 9.44. The third kappa shape index (κ3) is 4.50. The summed E-state index contributed by atoms with van der Waals surface area (Å²) in [5, 5.41) is 23.7. The maximum atomic E-state index is 12.3. The van der Waals surface area contributed by atoms with Crippen LogP contribution >= 0.6 is 34.4 Å². The van der Waals surface area contributed by atoms with Gasteiger partial charge in [-0.25, -0.2) is 0 Å². The Balaban J connectivity index is 1.74. The number of hydrogen-bond donors (Lipinski definition) is 1. The van der Waals surface area contributed by atoms with Crippen LogP contribution in [0.2, 0.25) is 0 Å². The van der Waals surface area contributed by atoms with Gasteiger partial charge in [0.05, 0.1) is 5.75 Å². The lowest BCUT2D eigenvalue weighted by Crippen LogP contribution is -2.14. The third-order valence-corrected chi connectivity index (χ3v) is 6.98. The Kier molecular flexibility index (Phi) is 6.97. The molecule has 0 aliphatic heterocycles. The number of nitrogens with zero attached hydrogens (tertiary/aromatic N) is 5. The summed E-state index contributed by atoms with van der Waals surface area (Å²) in [4.78, 5) is 13.6. The van der Waals surface area contributed by atoms with E-state index in [-0.39, 0.29) is 11.7 Å². The van der Waals surface area contributed by atoms with Crippen molar-refractivity contribution < 1.29 is 4.79 Å². The van der Waals surface area contributed by atoms with Crippen molar-refractivity contribution >= 4 is 45.5 Å². The molecule has 0 saturated heterocycles. The molecular formula is C18H22N6OS3. The van der Waals surface area contributed by atoms with Crippen LogP contribution in [0.5, 0.6) is 0 Å². The van der Waals surface area contributed by atoms with Crippen molar-refractivity contribution in [3.8, 4) is 11.4 Å². The minimum Gasteiger partial charge on any atom is -0.300 e. The number of thiophene rings is 1. The summed E-state index contributed by atoms with van der Waals surface area (Å²) >= 11 is 4.47. The molecule has 0 spiro atoms. The van der Waals surface area contributed by atoms with Gasteiger partial charge in [-0.2, -0.15) is 0 Å². The topological polar surface area (TPSA) is 85.6 Å². The monoisotopic (exact) mass is 434 g/mol. The highest BCUT2D eigenvalue weighted by molar-refractivity contribution is 7.99.